The first kappa shape index (κ1) is 15.1. The van der Waals surface area contributed by atoms with Crippen LogP contribution in [0.5, 0.6) is 0 Å². The van der Waals surface area contributed by atoms with Gasteiger partial charge in [0.2, 0.25) is 0 Å². The fraction of sp³-hybridized carbons (Fsp3) is 0.938. The van der Waals surface area contributed by atoms with Gasteiger partial charge in [0, 0.05) is 45.2 Å². The first-order valence-electron chi connectivity index (χ1n) is 8.57. The van der Waals surface area contributed by atoms with Gasteiger partial charge in [-0.15, -0.1) is 0 Å². The summed E-state index contributed by atoms with van der Waals surface area (Å²) in [6.45, 7) is 8.30. The maximum absolute atomic E-state index is 5.49. The summed E-state index contributed by atoms with van der Waals surface area (Å²) in [5.41, 5.74) is 0.432. The summed E-state index contributed by atoms with van der Waals surface area (Å²) in [6.07, 6.45) is 6.89. The van der Waals surface area contributed by atoms with Gasteiger partial charge in [-0.1, -0.05) is 19.3 Å². The molecule has 5 nitrogen and oxygen atoms in total. The molecule has 0 atom stereocenters. The quantitative estimate of drug-likeness (QED) is 0.845. The van der Waals surface area contributed by atoms with Gasteiger partial charge in [0.25, 0.3) is 0 Å². The molecule has 0 aromatic carbocycles. The highest BCUT2D eigenvalue weighted by atomic mass is 16.5. The average Bonchev–Trinajstić information content (AvgIpc) is 2.93. The van der Waals surface area contributed by atoms with E-state index in [-0.39, 0.29) is 0 Å². The second-order valence-corrected chi connectivity index (χ2v) is 6.93. The third kappa shape index (κ3) is 3.89. The molecule has 3 rings (SSSR count). The average molecular weight is 294 g/mol. The number of aliphatic imine (C=N–C) groups is 1. The summed E-state index contributed by atoms with van der Waals surface area (Å²) in [5, 5.41) is 3.65. The molecule has 2 aliphatic heterocycles. The third-order valence-corrected chi connectivity index (χ3v) is 5.26. The Hall–Kier alpha value is -0.810. The van der Waals surface area contributed by atoms with Crippen LogP contribution in [0.4, 0.5) is 0 Å². The lowest BCUT2D eigenvalue weighted by Gasteiger charge is -2.42. The molecule has 1 saturated heterocycles. The lowest BCUT2D eigenvalue weighted by atomic mass is 9.73. The zero-order valence-corrected chi connectivity index (χ0v) is 13.4. The zero-order chi connectivity index (χ0) is 14.5. The number of guanidine groups is 1. The van der Waals surface area contributed by atoms with Crippen molar-refractivity contribution in [3.8, 4) is 0 Å². The van der Waals surface area contributed by atoms with Gasteiger partial charge in [0.1, 0.15) is 0 Å². The molecular weight excluding hydrogens is 264 g/mol. The van der Waals surface area contributed by atoms with Gasteiger partial charge < -0.3 is 15.0 Å². The van der Waals surface area contributed by atoms with E-state index in [1.54, 1.807) is 0 Å². The molecule has 0 unspecified atom stereocenters. The molecule has 0 amide bonds. The minimum atomic E-state index is 0.432. The van der Waals surface area contributed by atoms with Crippen molar-refractivity contribution in [1.82, 2.24) is 15.1 Å². The molecule has 3 aliphatic rings. The number of hydrogen-bond acceptors (Lipinski definition) is 5. The van der Waals surface area contributed by atoms with Crippen molar-refractivity contribution in [2.75, 3.05) is 59.5 Å². The maximum atomic E-state index is 5.49. The molecule has 1 aliphatic carbocycles. The van der Waals surface area contributed by atoms with Gasteiger partial charge in [0.15, 0.2) is 5.96 Å². The highest BCUT2D eigenvalue weighted by molar-refractivity contribution is 5.81. The van der Waals surface area contributed by atoms with E-state index in [0.717, 1.165) is 51.9 Å². The van der Waals surface area contributed by atoms with E-state index in [0.29, 0.717) is 5.41 Å². The summed E-state index contributed by atoms with van der Waals surface area (Å²) < 4.78 is 5.49. The first-order valence-corrected chi connectivity index (χ1v) is 8.57. The van der Waals surface area contributed by atoms with Crippen molar-refractivity contribution in [2.24, 2.45) is 10.4 Å². The van der Waals surface area contributed by atoms with Crippen molar-refractivity contribution >= 4 is 5.96 Å². The van der Waals surface area contributed by atoms with Gasteiger partial charge in [-0.25, -0.2) is 0 Å². The molecule has 2 heterocycles. The van der Waals surface area contributed by atoms with Crippen LogP contribution in [0.1, 0.15) is 32.1 Å². The Labute approximate surface area is 128 Å². The molecular formula is C16H30N4O. The Morgan fingerprint density at radius 2 is 1.90 bits per heavy atom. The van der Waals surface area contributed by atoms with E-state index in [1.165, 1.54) is 38.6 Å². The van der Waals surface area contributed by atoms with Gasteiger partial charge in [-0.05, 0) is 12.8 Å². The highest BCUT2D eigenvalue weighted by Crippen LogP contribution is 2.36. The molecule has 0 radical (unpaired) electrons. The van der Waals surface area contributed by atoms with E-state index < -0.39 is 0 Å². The molecule has 2 fully saturated rings. The minimum absolute atomic E-state index is 0.432. The molecule has 120 valence electrons. The fourth-order valence-corrected chi connectivity index (χ4v) is 3.92. The largest absolute Gasteiger partial charge is 0.379 e. The molecule has 1 N–H and O–H groups in total. The van der Waals surface area contributed by atoms with E-state index in [9.17, 15) is 0 Å². The Bertz CT molecular complexity index is 359. The van der Waals surface area contributed by atoms with Crippen LogP contribution >= 0.6 is 0 Å². The zero-order valence-electron chi connectivity index (χ0n) is 13.4. The predicted molar refractivity (Wildman–Crippen MR) is 85.7 cm³/mol. The highest BCUT2D eigenvalue weighted by Gasteiger charge is 2.34. The van der Waals surface area contributed by atoms with E-state index in [4.69, 9.17) is 4.74 Å². The molecule has 5 heteroatoms. The van der Waals surface area contributed by atoms with E-state index in [1.807, 2.05) is 0 Å². The number of hydrogen-bond donors (Lipinski definition) is 1. The summed E-state index contributed by atoms with van der Waals surface area (Å²) in [4.78, 5) is 9.43. The van der Waals surface area contributed by atoms with Crippen molar-refractivity contribution in [1.29, 1.82) is 0 Å². The monoisotopic (exact) mass is 294 g/mol. The van der Waals surface area contributed by atoms with Gasteiger partial charge in [-0.3, -0.25) is 9.89 Å². The Kier molecular flexibility index (Phi) is 5.01. The van der Waals surface area contributed by atoms with Crippen LogP contribution in [0.25, 0.3) is 0 Å². The number of morpholine rings is 1. The Balaban J connectivity index is 1.58. The van der Waals surface area contributed by atoms with Gasteiger partial charge in [-0.2, -0.15) is 0 Å². The summed E-state index contributed by atoms with van der Waals surface area (Å²) in [5.74, 6) is 1.10. The van der Waals surface area contributed by atoms with Crippen LogP contribution in [0, 0.1) is 5.41 Å². The van der Waals surface area contributed by atoms with Crippen LogP contribution in [0.15, 0.2) is 4.99 Å². The number of ether oxygens (including phenoxy) is 1. The smallest absolute Gasteiger partial charge is 0.193 e. The standard InChI is InChI=1S/C16H30N4O/c1-19-8-7-17-15(19)18-13-16(5-3-2-4-6-16)14-20-9-11-21-12-10-20/h2-14H2,1H3,(H,17,18). The molecule has 0 bridgehead atoms. The lowest BCUT2D eigenvalue weighted by Crippen LogP contribution is -2.50. The van der Waals surface area contributed by atoms with Crippen LogP contribution in [-0.2, 0) is 4.74 Å². The van der Waals surface area contributed by atoms with Crippen LogP contribution in [0.2, 0.25) is 0 Å². The lowest BCUT2D eigenvalue weighted by molar-refractivity contribution is 0.00813. The second kappa shape index (κ2) is 6.97. The summed E-state index contributed by atoms with van der Waals surface area (Å²) in [6, 6.07) is 0. The second-order valence-electron chi connectivity index (χ2n) is 6.93. The van der Waals surface area contributed by atoms with Crippen molar-refractivity contribution < 1.29 is 4.74 Å². The number of rotatable bonds is 4. The molecule has 21 heavy (non-hydrogen) atoms. The Morgan fingerprint density at radius 3 is 2.57 bits per heavy atom. The number of nitrogens with one attached hydrogen (secondary N) is 1. The van der Waals surface area contributed by atoms with Crippen molar-refractivity contribution in [3.63, 3.8) is 0 Å². The summed E-state index contributed by atoms with van der Waals surface area (Å²) >= 11 is 0. The number of likely N-dealkylation sites (N-methyl/N-ethyl adjacent to an activating group) is 1. The molecule has 1 saturated carbocycles. The van der Waals surface area contributed by atoms with Gasteiger partial charge >= 0.3 is 0 Å². The fourth-order valence-electron chi connectivity index (χ4n) is 3.92. The molecule has 0 aromatic heterocycles. The first-order chi connectivity index (χ1) is 10.3. The van der Waals surface area contributed by atoms with Crippen LogP contribution in [-0.4, -0.2) is 75.3 Å². The SMILES string of the molecule is CN1CCN=C1NCC1(CN2CCOCC2)CCCCC1. The van der Waals surface area contributed by atoms with E-state index >= 15 is 0 Å². The molecule has 0 spiro atoms. The predicted octanol–water partition coefficient (Wildman–Crippen LogP) is 1.16. The number of nitrogens with zero attached hydrogens (tertiary/aromatic N) is 3. The third-order valence-electron chi connectivity index (χ3n) is 5.26. The maximum Gasteiger partial charge on any atom is 0.193 e. The van der Waals surface area contributed by atoms with Crippen molar-refractivity contribution in [2.45, 2.75) is 32.1 Å². The normalized spacial score (nSPS) is 26.7. The molecule has 0 aromatic rings. The Morgan fingerprint density at radius 1 is 1.14 bits per heavy atom. The van der Waals surface area contributed by atoms with Crippen molar-refractivity contribution in [3.05, 3.63) is 0 Å². The summed E-state index contributed by atoms with van der Waals surface area (Å²) in [7, 11) is 2.13. The van der Waals surface area contributed by atoms with Gasteiger partial charge in [0.05, 0.1) is 19.8 Å². The topological polar surface area (TPSA) is 40.1 Å². The van der Waals surface area contributed by atoms with Crippen LogP contribution < -0.4 is 5.32 Å². The van der Waals surface area contributed by atoms with E-state index in [2.05, 4.69) is 27.2 Å². The van der Waals surface area contributed by atoms with Crippen LogP contribution in [0.3, 0.4) is 0 Å². The minimum Gasteiger partial charge on any atom is -0.379 e.